The largest absolute Gasteiger partial charge is 0.573 e. The van der Waals surface area contributed by atoms with Crippen molar-refractivity contribution in [1.82, 2.24) is 9.78 Å². The number of nitrogens with two attached hydrogens (primary N) is 1. The zero-order valence-electron chi connectivity index (χ0n) is 14.9. The molecular weight excluding hydrogens is 407 g/mol. The van der Waals surface area contributed by atoms with Crippen LogP contribution in [0.2, 0.25) is 0 Å². The Morgan fingerprint density at radius 2 is 1.66 bits per heavy atom. The van der Waals surface area contributed by atoms with E-state index in [4.69, 9.17) is 5.14 Å². The molecule has 2 N–H and O–H groups in total. The van der Waals surface area contributed by atoms with Crippen LogP contribution in [0.15, 0.2) is 59.6 Å². The first-order valence-electron chi connectivity index (χ1n) is 8.06. The van der Waals surface area contributed by atoms with Crippen molar-refractivity contribution in [2.75, 3.05) is 0 Å². The molecule has 0 radical (unpaired) electrons. The van der Waals surface area contributed by atoms with Gasteiger partial charge in [-0.05, 0) is 48.5 Å². The summed E-state index contributed by atoms with van der Waals surface area (Å²) in [5.41, 5.74) is 2.32. The molecule has 0 saturated carbocycles. The van der Waals surface area contributed by atoms with E-state index in [-0.39, 0.29) is 10.6 Å². The van der Waals surface area contributed by atoms with Crippen LogP contribution in [0.25, 0.3) is 11.3 Å². The fourth-order valence-corrected chi connectivity index (χ4v) is 3.07. The van der Waals surface area contributed by atoms with E-state index in [1.165, 1.54) is 54.7 Å². The average Bonchev–Trinajstić information content (AvgIpc) is 2.99. The second-order valence-electron chi connectivity index (χ2n) is 5.92. The molecule has 0 aliphatic rings. The van der Waals surface area contributed by atoms with Gasteiger partial charge in [0.15, 0.2) is 0 Å². The number of ether oxygens (including phenoxy) is 1. The first-order chi connectivity index (χ1) is 13.5. The number of benzene rings is 2. The van der Waals surface area contributed by atoms with Crippen molar-refractivity contribution in [2.24, 2.45) is 12.2 Å². The van der Waals surface area contributed by atoms with Crippen molar-refractivity contribution in [3.05, 3.63) is 65.9 Å². The van der Waals surface area contributed by atoms with Crippen LogP contribution in [-0.2, 0) is 17.1 Å². The van der Waals surface area contributed by atoms with Gasteiger partial charge in [-0.25, -0.2) is 13.6 Å². The van der Waals surface area contributed by atoms with E-state index in [9.17, 15) is 21.6 Å². The van der Waals surface area contributed by atoms with Gasteiger partial charge in [0.1, 0.15) is 5.75 Å². The van der Waals surface area contributed by atoms with Crippen molar-refractivity contribution >= 4 is 10.0 Å². The highest BCUT2D eigenvalue weighted by atomic mass is 32.2. The Bertz CT molecular complexity index is 1190. The molecule has 3 aromatic rings. The van der Waals surface area contributed by atoms with Crippen molar-refractivity contribution in [1.29, 1.82) is 0 Å². The van der Waals surface area contributed by atoms with Crippen LogP contribution in [0.4, 0.5) is 13.2 Å². The minimum absolute atomic E-state index is 0.0220. The lowest BCUT2D eigenvalue weighted by Crippen LogP contribution is -2.16. The van der Waals surface area contributed by atoms with Gasteiger partial charge in [0.25, 0.3) is 0 Å². The van der Waals surface area contributed by atoms with Crippen molar-refractivity contribution < 1.29 is 26.3 Å². The summed E-state index contributed by atoms with van der Waals surface area (Å²) in [6.07, 6.45) is -3.23. The minimum Gasteiger partial charge on any atom is -0.406 e. The lowest BCUT2D eigenvalue weighted by Gasteiger charge is -2.09. The summed E-state index contributed by atoms with van der Waals surface area (Å²) in [6, 6.07) is 11.1. The van der Waals surface area contributed by atoms with Crippen molar-refractivity contribution in [3.63, 3.8) is 0 Å². The van der Waals surface area contributed by atoms with Crippen LogP contribution in [0.1, 0.15) is 11.1 Å². The monoisotopic (exact) mass is 421 g/mol. The Balaban J connectivity index is 1.89. The smallest absolute Gasteiger partial charge is 0.406 e. The summed E-state index contributed by atoms with van der Waals surface area (Å²) in [5, 5.41) is 9.20. The van der Waals surface area contributed by atoms with Gasteiger partial charge in [-0.3, -0.25) is 4.68 Å². The Morgan fingerprint density at radius 1 is 1.03 bits per heavy atom. The van der Waals surface area contributed by atoms with Crippen molar-refractivity contribution in [3.8, 4) is 28.8 Å². The molecule has 0 bridgehead atoms. The van der Waals surface area contributed by atoms with E-state index in [1.54, 1.807) is 11.7 Å². The predicted octanol–water partition coefficient (Wildman–Crippen LogP) is 3.03. The summed E-state index contributed by atoms with van der Waals surface area (Å²) in [6.45, 7) is 0. The number of aromatic nitrogens is 2. The normalized spacial score (nSPS) is 11.6. The second kappa shape index (κ2) is 7.62. The molecule has 0 amide bonds. The van der Waals surface area contributed by atoms with Gasteiger partial charge in [0.2, 0.25) is 10.0 Å². The predicted molar refractivity (Wildman–Crippen MR) is 99.1 cm³/mol. The first-order valence-corrected chi connectivity index (χ1v) is 9.61. The third-order valence-corrected chi connectivity index (χ3v) is 4.75. The Kier molecular flexibility index (Phi) is 5.37. The number of sulfonamides is 1. The standard InChI is InChI=1S/C19H14F3N3O3S/c1-25-18(14-6-8-16(9-7-14)28-19(20,21)22)15(12-24-25)5-2-13-3-10-17(11-4-13)29(23,26)27/h3-4,6-12H,1H3,(H2,23,26,27). The number of alkyl halides is 3. The summed E-state index contributed by atoms with van der Waals surface area (Å²) in [5.74, 6) is 5.50. The molecule has 29 heavy (non-hydrogen) atoms. The van der Waals surface area contributed by atoms with Crippen LogP contribution < -0.4 is 9.88 Å². The van der Waals surface area contributed by atoms with E-state index in [2.05, 4.69) is 21.7 Å². The summed E-state index contributed by atoms with van der Waals surface area (Å²) in [7, 11) is -2.10. The number of hydrogen-bond acceptors (Lipinski definition) is 4. The highest BCUT2D eigenvalue weighted by Gasteiger charge is 2.31. The first kappa shape index (κ1) is 20.4. The maximum atomic E-state index is 12.3. The van der Waals surface area contributed by atoms with Crippen molar-refractivity contribution in [2.45, 2.75) is 11.3 Å². The molecular formula is C19H14F3N3O3S. The van der Waals surface area contributed by atoms with Crippen LogP contribution >= 0.6 is 0 Å². The Hall–Kier alpha value is -3.29. The third kappa shape index (κ3) is 5.16. The van der Waals surface area contributed by atoms with Crippen LogP contribution in [-0.4, -0.2) is 24.6 Å². The number of nitrogens with zero attached hydrogens (tertiary/aromatic N) is 2. The fourth-order valence-electron chi connectivity index (χ4n) is 2.55. The number of rotatable bonds is 3. The summed E-state index contributed by atoms with van der Waals surface area (Å²) < 4.78 is 64.9. The Labute approximate surface area is 164 Å². The van der Waals surface area contributed by atoms with E-state index in [0.29, 0.717) is 22.4 Å². The molecule has 0 aliphatic carbocycles. The van der Waals surface area contributed by atoms with E-state index < -0.39 is 16.4 Å². The zero-order chi connectivity index (χ0) is 21.2. The number of aryl methyl sites for hydroxylation is 1. The van der Waals surface area contributed by atoms with Gasteiger partial charge < -0.3 is 4.74 Å². The topological polar surface area (TPSA) is 87.2 Å². The molecule has 0 atom stereocenters. The lowest BCUT2D eigenvalue weighted by molar-refractivity contribution is -0.274. The molecule has 0 unspecified atom stereocenters. The maximum absolute atomic E-state index is 12.3. The fraction of sp³-hybridized carbons (Fsp3) is 0.105. The van der Waals surface area contributed by atoms with E-state index >= 15 is 0 Å². The highest BCUT2D eigenvalue weighted by molar-refractivity contribution is 7.89. The summed E-state index contributed by atoms with van der Waals surface area (Å²) in [4.78, 5) is -0.0220. The van der Waals surface area contributed by atoms with Crippen LogP contribution in [0, 0.1) is 11.8 Å². The van der Waals surface area contributed by atoms with E-state index in [1.807, 2.05) is 0 Å². The third-order valence-electron chi connectivity index (χ3n) is 3.82. The quantitative estimate of drug-likeness (QED) is 0.659. The van der Waals surface area contributed by atoms with Gasteiger partial charge in [-0.2, -0.15) is 5.10 Å². The molecule has 3 rings (SSSR count). The average molecular weight is 421 g/mol. The van der Waals surface area contributed by atoms with Gasteiger partial charge in [0.05, 0.1) is 22.3 Å². The molecule has 0 spiro atoms. The minimum atomic E-state index is -4.76. The number of hydrogen-bond donors (Lipinski definition) is 1. The number of primary sulfonamides is 1. The SMILES string of the molecule is Cn1ncc(C#Cc2ccc(S(N)(=O)=O)cc2)c1-c1ccc(OC(F)(F)F)cc1. The second-order valence-corrected chi connectivity index (χ2v) is 7.48. The molecule has 6 nitrogen and oxygen atoms in total. The molecule has 150 valence electrons. The molecule has 0 aliphatic heterocycles. The van der Waals surface area contributed by atoms with Gasteiger partial charge in [-0.1, -0.05) is 11.8 Å². The lowest BCUT2D eigenvalue weighted by atomic mass is 10.1. The highest BCUT2D eigenvalue weighted by Crippen LogP contribution is 2.28. The summed E-state index contributed by atoms with van der Waals surface area (Å²) >= 11 is 0. The maximum Gasteiger partial charge on any atom is 0.573 e. The molecule has 0 fully saturated rings. The van der Waals surface area contributed by atoms with Gasteiger partial charge >= 0.3 is 6.36 Å². The van der Waals surface area contributed by atoms with Crippen LogP contribution in [0.5, 0.6) is 5.75 Å². The molecule has 1 heterocycles. The zero-order valence-corrected chi connectivity index (χ0v) is 15.8. The van der Waals surface area contributed by atoms with Gasteiger partial charge in [0, 0.05) is 18.2 Å². The number of halogens is 3. The molecule has 10 heteroatoms. The van der Waals surface area contributed by atoms with E-state index in [0.717, 1.165) is 0 Å². The van der Waals surface area contributed by atoms with Crippen LogP contribution in [0.3, 0.4) is 0 Å². The molecule has 2 aromatic carbocycles. The molecule has 1 aromatic heterocycles. The Morgan fingerprint density at radius 3 is 2.21 bits per heavy atom. The molecule has 0 saturated heterocycles. The van der Waals surface area contributed by atoms with Gasteiger partial charge in [-0.15, -0.1) is 13.2 Å².